The van der Waals surface area contributed by atoms with Gasteiger partial charge in [-0.25, -0.2) is 0 Å². The summed E-state index contributed by atoms with van der Waals surface area (Å²) in [6.07, 6.45) is 3.94. The lowest BCUT2D eigenvalue weighted by Gasteiger charge is -2.34. The first-order valence-corrected chi connectivity index (χ1v) is 7.39. The maximum absolute atomic E-state index is 12.3. The first kappa shape index (κ1) is 14.7. The Morgan fingerprint density at radius 3 is 2.55 bits per heavy atom. The van der Waals surface area contributed by atoms with Crippen molar-refractivity contribution in [1.82, 2.24) is 4.90 Å². The number of benzene rings is 1. The van der Waals surface area contributed by atoms with E-state index in [1.54, 1.807) is 25.1 Å². The minimum absolute atomic E-state index is 0.0343. The molecular weight excluding hydrogens is 250 g/mol. The van der Waals surface area contributed by atoms with Crippen LogP contribution in [0.2, 0.25) is 0 Å². The molecule has 1 fully saturated rings. The molecule has 0 spiro atoms. The van der Waals surface area contributed by atoms with E-state index in [1.807, 2.05) is 12.1 Å². The standard InChI is InChI=1S/C16H25N3O/c1-4-19(11-12-6-5-7-12)15-10-13(17)8-9-14(15)16(20)18(2)3/h8-10,12H,4-7,11,17H2,1-3H3. The topological polar surface area (TPSA) is 49.6 Å². The molecule has 110 valence electrons. The van der Waals surface area contributed by atoms with Crippen molar-refractivity contribution < 1.29 is 4.79 Å². The summed E-state index contributed by atoms with van der Waals surface area (Å²) in [5.74, 6) is 0.797. The summed E-state index contributed by atoms with van der Waals surface area (Å²) in [4.78, 5) is 16.2. The third-order valence-corrected chi connectivity index (χ3v) is 4.08. The monoisotopic (exact) mass is 275 g/mol. The van der Waals surface area contributed by atoms with E-state index >= 15 is 0 Å². The Balaban J connectivity index is 2.30. The van der Waals surface area contributed by atoms with E-state index in [-0.39, 0.29) is 5.91 Å². The van der Waals surface area contributed by atoms with E-state index in [4.69, 9.17) is 5.73 Å². The smallest absolute Gasteiger partial charge is 0.255 e. The number of nitrogens with two attached hydrogens (primary N) is 1. The first-order chi connectivity index (χ1) is 9.52. The van der Waals surface area contributed by atoms with Gasteiger partial charge in [-0.2, -0.15) is 0 Å². The molecule has 2 N–H and O–H groups in total. The van der Waals surface area contributed by atoms with E-state index in [9.17, 15) is 4.79 Å². The van der Waals surface area contributed by atoms with Gasteiger partial charge in [0.1, 0.15) is 0 Å². The molecule has 0 aromatic heterocycles. The second-order valence-electron chi connectivity index (χ2n) is 5.81. The summed E-state index contributed by atoms with van der Waals surface area (Å²) in [6, 6.07) is 5.58. The van der Waals surface area contributed by atoms with E-state index in [0.717, 1.165) is 30.3 Å². The van der Waals surface area contributed by atoms with Crippen molar-refractivity contribution in [3.63, 3.8) is 0 Å². The van der Waals surface area contributed by atoms with Gasteiger partial charge in [0.25, 0.3) is 5.91 Å². The highest BCUT2D eigenvalue weighted by Crippen LogP contribution is 2.31. The Hall–Kier alpha value is -1.71. The molecule has 1 saturated carbocycles. The van der Waals surface area contributed by atoms with E-state index in [0.29, 0.717) is 5.69 Å². The molecule has 1 aromatic carbocycles. The zero-order valence-electron chi connectivity index (χ0n) is 12.7. The number of nitrogens with zero attached hydrogens (tertiary/aromatic N) is 2. The SMILES string of the molecule is CCN(CC1CCC1)c1cc(N)ccc1C(=O)N(C)C. The summed E-state index contributed by atoms with van der Waals surface area (Å²) in [7, 11) is 3.56. The summed E-state index contributed by atoms with van der Waals surface area (Å²) in [5.41, 5.74) is 8.34. The van der Waals surface area contributed by atoms with Gasteiger partial charge in [0.05, 0.1) is 11.3 Å². The van der Waals surface area contributed by atoms with Crippen LogP contribution in [-0.4, -0.2) is 38.0 Å². The summed E-state index contributed by atoms with van der Waals surface area (Å²) in [6.45, 7) is 4.05. The minimum atomic E-state index is 0.0343. The molecule has 0 bridgehead atoms. The van der Waals surface area contributed by atoms with Gasteiger partial charge < -0.3 is 15.5 Å². The molecule has 1 aliphatic rings. The molecule has 0 heterocycles. The lowest BCUT2D eigenvalue weighted by molar-refractivity contribution is 0.0828. The highest BCUT2D eigenvalue weighted by Gasteiger charge is 2.23. The van der Waals surface area contributed by atoms with Crippen molar-refractivity contribution in [1.29, 1.82) is 0 Å². The largest absolute Gasteiger partial charge is 0.399 e. The van der Waals surface area contributed by atoms with Crippen LogP contribution < -0.4 is 10.6 Å². The Kier molecular flexibility index (Phi) is 4.53. The first-order valence-electron chi connectivity index (χ1n) is 7.39. The normalized spacial score (nSPS) is 14.8. The van der Waals surface area contributed by atoms with Gasteiger partial charge in [-0.05, 0) is 43.9 Å². The Bertz CT molecular complexity index is 481. The third kappa shape index (κ3) is 3.06. The van der Waals surface area contributed by atoms with Crippen molar-refractivity contribution in [3.8, 4) is 0 Å². The zero-order chi connectivity index (χ0) is 14.7. The zero-order valence-corrected chi connectivity index (χ0v) is 12.7. The summed E-state index contributed by atoms with van der Waals surface area (Å²) >= 11 is 0. The molecule has 0 atom stereocenters. The van der Waals surface area contributed by atoms with Crippen LogP contribution in [0.15, 0.2) is 18.2 Å². The van der Waals surface area contributed by atoms with E-state index in [1.165, 1.54) is 19.3 Å². The molecule has 2 rings (SSSR count). The number of hydrogen-bond donors (Lipinski definition) is 1. The van der Waals surface area contributed by atoms with Crippen molar-refractivity contribution in [2.75, 3.05) is 37.8 Å². The maximum Gasteiger partial charge on any atom is 0.255 e. The predicted octanol–water partition coefficient (Wildman–Crippen LogP) is 2.60. The fourth-order valence-corrected chi connectivity index (χ4v) is 2.62. The van der Waals surface area contributed by atoms with E-state index < -0.39 is 0 Å². The van der Waals surface area contributed by atoms with Crippen LogP contribution in [0.4, 0.5) is 11.4 Å². The third-order valence-electron chi connectivity index (χ3n) is 4.08. The number of nitrogen functional groups attached to an aromatic ring is 1. The molecular formula is C16H25N3O. The lowest BCUT2D eigenvalue weighted by atomic mass is 9.85. The van der Waals surface area contributed by atoms with Crippen molar-refractivity contribution >= 4 is 17.3 Å². The maximum atomic E-state index is 12.3. The van der Waals surface area contributed by atoms with Crippen LogP contribution in [0.25, 0.3) is 0 Å². The van der Waals surface area contributed by atoms with Gasteiger partial charge in [0.2, 0.25) is 0 Å². The van der Waals surface area contributed by atoms with Crippen LogP contribution in [0.1, 0.15) is 36.5 Å². The number of anilines is 2. The highest BCUT2D eigenvalue weighted by molar-refractivity contribution is 6.00. The highest BCUT2D eigenvalue weighted by atomic mass is 16.2. The molecule has 0 saturated heterocycles. The predicted molar refractivity (Wildman–Crippen MR) is 84.1 cm³/mol. The molecule has 20 heavy (non-hydrogen) atoms. The molecule has 1 amide bonds. The fraction of sp³-hybridized carbons (Fsp3) is 0.562. The Labute approximate surface area is 121 Å². The molecule has 0 unspecified atom stereocenters. The summed E-state index contributed by atoms with van der Waals surface area (Å²) < 4.78 is 0. The summed E-state index contributed by atoms with van der Waals surface area (Å²) in [5, 5.41) is 0. The average Bonchev–Trinajstić information content (AvgIpc) is 2.37. The molecule has 1 aromatic rings. The quantitative estimate of drug-likeness (QED) is 0.840. The number of rotatable bonds is 5. The number of hydrogen-bond acceptors (Lipinski definition) is 3. The van der Waals surface area contributed by atoms with Gasteiger partial charge in [-0.3, -0.25) is 4.79 Å². The number of carbonyl (C=O) groups is 1. The van der Waals surface area contributed by atoms with Crippen molar-refractivity contribution in [2.24, 2.45) is 5.92 Å². The Morgan fingerprint density at radius 1 is 1.35 bits per heavy atom. The fourth-order valence-electron chi connectivity index (χ4n) is 2.62. The number of carbonyl (C=O) groups excluding carboxylic acids is 1. The second kappa shape index (κ2) is 6.16. The molecule has 4 heteroatoms. The van der Waals surface area contributed by atoms with E-state index in [2.05, 4.69) is 11.8 Å². The Morgan fingerprint density at radius 2 is 2.05 bits per heavy atom. The minimum Gasteiger partial charge on any atom is -0.399 e. The number of amides is 1. The van der Waals surface area contributed by atoms with Crippen LogP contribution >= 0.6 is 0 Å². The van der Waals surface area contributed by atoms with Crippen LogP contribution in [0, 0.1) is 5.92 Å². The molecule has 4 nitrogen and oxygen atoms in total. The van der Waals surface area contributed by atoms with Crippen LogP contribution in [0.5, 0.6) is 0 Å². The van der Waals surface area contributed by atoms with Gasteiger partial charge in [0.15, 0.2) is 0 Å². The van der Waals surface area contributed by atoms with Gasteiger partial charge >= 0.3 is 0 Å². The molecule has 0 radical (unpaired) electrons. The molecule has 0 aliphatic heterocycles. The van der Waals surface area contributed by atoms with Crippen LogP contribution in [-0.2, 0) is 0 Å². The lowest BCUT2D eigenvalue weighted by Crippen LogP contribution is -2.34. The average molecular weight is 275 g/mol. The van der Waals surface area contributed by atoms with Gasteiger partial charge in [-0.1, -0.05) is 6.42 Å². The second-order valence-corrected chi connectivity index (χ2v) is 5.81. The van der Waals surface area contributed by atoms with Gasteiger partial charge in [0, 0.05) is 32.9 Å². The van der Waals surface area contributed by atoms with Gasteiger partial charge in [-0.15, -0.1) is 0 Å². The van der Waals surface area contributed by atoms with Crippen LogP contribution in [0.3, 0.4) is 0 Å². The molecule has 1 aliphatic carbocycles. The van der Waals surface area contributed by atoms with Crippen molar-refractivity contribution in [3.05, 3.63) is 23.8 Å². The van der Waals surface area contributed by atoms with Crippen molar-refractivity contribution in [2.45, 2.75) is 26.2 Å².